The van der Waals surface area contributed by atoms with Crippen LogP contribution in [0, 0.1) is 6.92 Å². The average Bonchev–Trinajstić information content (AvgIpc) is 2.57. The number of hydrogen-bond donors (Lipinski definition) is 2. The minimum atomic E-state index is -0.623. The lowest BCUT2D eigenvalue weighted by Gasteiger charge is -2.07. The Balaban J connectivity index is 1.93. The van der Waals surface area contributed by atoms with Gasteiger partial charge in [-0.15, -0.1) is 0 Å². The van der Waals surface area contributed by atoms with Crippen LogP contribution in [-0.2, 0) is 9.59 Å². The van der Waals surface area contributed by atoms with Crippen molar-refractivity contribution >= 4 is 34.5 Å². The van der Waals surface area contributed by atoms with Crippen molar-refractivity contribution in [2.75, 3.05) is 5.32 Å². The molecule has 0 bridgehead atoms. The number of thioether (sulfide) groups is 1. The molecule has 0 aromatic heterocycles. The topological polar surface area (TPSA) is 75.3 Å². The van der Waals surface area contributed by atoms with Crippen LogP contribution in [-0.4, -0.2) is 22.3 Å². The Labute approximate surface area is 108 Å². The molecule has 0 saturated carbocycles. The SMILES string of the molecule is Cc1cccc(NC(=O)C[C@H]2SC(=O)NC2=O)c1. The highest BCUT2D eigenvalue weighted by Crippen LogP contribution is 2.22. The second-order valence-corrected chi connectivity index (χ2v) is 5.18. The number of anilines is 1. The van der Waals surface area contributed by atoms with Crippen LogP contribution in [0.3, 0.4) is 0 Å². The van der Waals surface area contributed by atoms with Gasteiger partial charge in [0, 0.05) is 12.1 Å². The van der Waals surface area contributed by atoms with Crippen molar-refractivity contribution in [1.29, 1.82) is 0 Å². The first-order valence-electron chi connectivity index (χ1n) is 5.42. The molecule has 3 amide bonds. The summed E-state index contributed by atoms with van der Waals surface area (Å²) in [4.78, 5) is 34.0. The van der Waals surface area contributed by atoms with Crippen molar-refractivity contribution in [2.45, 2.75) is 18.6 Å². The fourth-order valence-corrected chi connectivity index (χ4v) is 2.45. The first kappa shape index (κ1) is 12.6. The number of nitrogens with one attached hydrogen (secondary N) is 2. The van der Waals surface area contributed by atoms with E-state index in [4.69, 9.17) is 0 Å². The molecule has 2 rings (SSSR count). The molecule has 1 heterocycles. The van der Waals surface area contributed by atoms with Gasteiger partial charge in [0.1, 0.15) is 5.25 Å². The number of carbonyl (C=O) groups excluding carboxylic acids is 3. The third kappa shape index (κ3) is 3.10. The molecule has 1 saturated heterocycles. The zero-order chi connectivity index (χ0) is 13.1. The molecule has 1 aliphatic rings. The fourth-order valence-electron chi connectivity index (χ4n) is 1.63. The number of imide groups is 1. The van der Waals surface area contributed by atoms with Gasteiger partial charge in [-0.2, -0.15) is 0 Å². The second kappa shape index (κ2) is 5.22. The minimum absolute atomic E-state index is 0.00379. The largest absolute Gasteiger partial charge is 0.326 e. The van der Waals surface area contributed by atoms with E-state index in [9.17, 15) is 14.4 Å². The molecule has 0 aliphatic carbocycles. The Bertz CT molecular complexity index is 516. The summed E-state index contributed by atoms with van der Waals surface area (Å²) >= 11 is 0.855. The van der Waals surface area contributed by atoms with E-state index in [1.165, 1.54) is 0 Å². The normalized spacial score (nSPS) is 18.6. The molecule has 1 aliphatic heterocycles. The summed E-state index contributed by atoms with van der Waals surface area (Å²) in [7, 11) is 0. The van der Waals surface area contributed by atoms with Crippen LogP contribution >= 0.6 is 11.8 Å². The summed E-state index contributed by atoms with van der Waals surface area (Å²) in [6.07, 6.45) is -0.00379. The molecule has 2 N–H and O–H groups in total. The number of rotatable bonds is 3. The highest BCUT2D eigenvalue weighted by molar-refractivity contribution is 8.15. The third-order valence-electron chi connectivity index (χ3n) is 2.44. The first-order chi connectivity index (χ1) is 8.54. The Morgan fingerprint density at radius 1 is 1.44 bits per heavy atom. The lowest BCUT2D eigenvalue weighted by Crippen LogP contribution is -2.27. The highest BCUT2D eigenvalue weighted by Gasteiger charge is 2.33. The summed E-state index contributed by atoms with van der Waals surface area (Å²) < 4.78 is 0. The predicted octanol–water partition coefficient (Wildman–Crippen LogP) is 1.68. The van der Waals surface area contributed by atoms with E-state index < -0.39 is 16.4 Å². The molecule has 1 aromatic rings. The van der Waals surface area contributed by atoms with E-state index >= 15 is 0 Å². The van der Waals surface area contributed by atoms with Crippen molar-refractivity contribution in [3.63, 3.8) is 0 Å². The molecule has 0 spiro atoms. The molecule has 0 unspecified atom stereocenters. The van der Waals surface area contributed by atoms with Crippen LogP contribution < -0.4 is 10.6 Å². The van der Waals surface area contributed by atoms with E-state index in [1.807, 2.05) is 25.1 Å². The molecule has 1 fully saturated rings. The summed E-state index contributed by atoms with van der Waals surface area (Å²) in [5.74, 6) is -0.674. The standard InChI is InChI=1S/C12H12N2O3S/c1-7-3-2-4-8(5-7)13-10(15)6-9-11(16)14-12(17)18-9/h2-5,9H,6H2,1H3,(H,13,15)(H,14,16,17)/t9-/m1/s1. The van der Waals surface area contributed by atoms with Crippen LogP contribution in [0.2, 0.25) is 0 Å². The molecule has 5 nitrogen and oxygen atoms in total. The molecule has 18 heavy (non-hydrogen) atoms. The van der Waals surface area contributed by atoms with E-state index in [-0.39, 0.29) is 12.3 Å². The summed E-state index contributed by atoms with van der Waals surface area (Å²) in [5, 5.41) is 3.83. The zero-order valence-corrected chi connectivity index (χ0v) is 10.5. The van der Waals surface area contributed by atoms with Crippen LogP contribution in [0.5, 0.6) is 0 Å². The van der Waals surface area contributed by atoms with Gasteiger partial charge in [-0.3, -0.25) is 19.7 Å². The molecule has 1 aromatic carbocycles. The molecule has 0 radical (unpaired) electrons. The molecular formula is C12H12N2O3S. The maximum absolute atomic E-state index is 11.7. The number of hydrogen-bond acceptors (Lipinski definition) is 4. The second-order valence-electron chi connectivity index (χ2n) is 4.00. The minimum Gasteiger partial charge on any atom is -0.326 e. The summed E-state index contributed by atoms with van der Waals surface area (Å²) in [6, 6.07) is 7.38. The van der Waals surface area contributed by atoms with E-state index in [1.54, 1.807) is 6.07 Å². The van der Waals surface area contributed by atoms with Gasteiger partial charge in [0.05, 0.1) is 0 Å². The maximum Gasteiger partial charge on any atom is 0.286 e. The Kier molecular flexibility index (Phi) is 3.66. The van der Waals surface area contributed by atoms with E-state index in [0.717, 1.165) is 17.3 Å². The zero-order valence-electron chi connectivity index (χ0n) is 9.73. The van der Waals surface area contributed by atoms with Crippen LogP contribution in [0.4, 0.5) is 10.5 Å². The summed E-state index contributed by atoms with van der Waals surface area (Å²) in [5.41, 5.74) is 1.73. The number of aryl methyl sites for hydroxylation is 1. The highest BCUT2D eigenvalue weighted by atomic mass is 32.2. The predicted molar refractivity (Wildman–Crippen MR) is 69.3 cm³/mol. The molecular weight excluding hydrogens is 252 g/mol. The quantitative estimate of drug-likeness (QED) is 0.871. The molecule has 94 valence electrons. The van der Waals surface area contributed by atoms with Gasteiger partial charge < -0.3 is 5.32 Å². The lowest BCUT2D eigenvalue weighted by atomic mass is 10.2. The summed E-state index contributed by atoms with van der Waals surface area (Å²) in [6.45, 7) is 1.93. The van der Waals surface area contributed by atoms with Gasteiger partial charge in [-0.25, -0.2) is 0 Å². The maximum atomic E-state index is 11.7. The Morgan fingerprint density at radius 3 is 2.83 bits per heavy atom. The van der Waals surface area contributed by atoms with Crippen molar-refractivity contribution < 1.29 is 14.4 Å². The van der Waals surface area contributed by atoms with Crippen molar-refractivity contribution in [1.82, 2.24) is 5.32 Å². The first-order valence-corrected chi connectivity index (χ1v) is 6.30. The molecule has 1 atom stereocenters. The average molecular weight is 264 g/mol. The van der Waals surface area contributed by atoms with Crippen molar-refractivity contribution in [3.8, 4) is 0 Å². The van der Waals surface area contributed by atoms with Gasteiger partial charge >= 0.3 is 0 Å². The number of amides is 3. The van der Waals surface area contributed by atoms with E-state index in [2.05, 4.69) is 10.6 Å². The van der Waals surface area contributed by atoms with Gasteiger partial charge in [0.2, 0.25) is 11.8 Å². The van der Waals surface area contributed by atoms with Gasteiger partial charge in [-0.05, 0) is 24.6 Å². The number of benzene rings is 1. The van der Waals surface area contributed by atoms with Crippen LogP contribution in [0.1, 0.15) is 12.0 Å². The van der Waals surface area contributed by atoms with Crippen molar-refractivity contribution in [2.24, 2.45) is 0 Å². The van der Waals surface area contributed by atoms with Crippen LogP contribution in [0.25, 0.3) is 0 Å². The van der Waals surface area contributed by atoms with Gasteiger partial charge in [0.25, 0.3) is 5.24 Å². The monoisotopic (exact) mass is 264 g/mol. The smallest absolute Gasteiger partial charge is 0.286 e. The van der Waals surface area contributed by atoms with Crippen molar-refractivity contribution in [3.05, 3.63) is 29.8 Å². The van der Waals surface area contributed by atoms with Gasteiger partial charge in [-0.1, -0.05) is 23.9 Å². The van der Waals surface area contributed by atoms with E-state index in [0.29, 0.717) is 5.69 Å². The Hall–Kier alpha value is -1.82. The third-order valence-corrected chi connectivity index (χ3v) is 3.42. The molecule has 6 heteroatoms. The number of carbonyl (C=O) groups is 3. The van der Waals surface area contributed by atoms with Gasteiger partial charge in [0.15, 0.2) is 0 Å². The fraction of sp³-hybridized carbons (Fsp3) is 0.250. The Morgan fingerprint density at radius 2 is 2.22 bits per heavy atom. The lowest BCUT2D eigenvalue weighted by molar-refractivity contribution is -0.122. The van der Waals surface area contributed by atoms with Crippen LogP contribution in [0.15, 0.2) is 24.3 Å².